The van der Waals surface area contributed by atoms with Gasteiger partial charge < -0.3 is 5.32 Å². The molecule has 0 aliphatic rings. The molecule has 2 rings (SSSR count). The van der Waals surface area contributed by atoms with Gasteiger partial charge in [0.1, 0.15) is 6.54 Å². The molecule has 1 N–H and O–H groups in total. The zero-order valence-electron chi connectivity index (χ0n) is 13.1. The Bertz CT molecular complexity index is 776. The van der Waals surface area contributed by atoms with Crippen molar-refractivity contribution in [3.05, 3.63) is 59.9 Å². The van der Waals surface area contributed by atoms with Crippen LogP contribution in [0.3, 0.4) is 0 Å². The highest BCUT2D eigenvalue weighted by Gasteiger charge is 2.20. The number of aromatic nitrogens is 1. The standard InChI is InChI=1S/C16H19N3O3S/c1-13-4-3-5-15(10-13)19(23(2,21)22)12-16(20)18-11-14-6-8-17-9-7-14/h3-10H,11-12H2,1-2H3,(H,18,20). The number of nitrogens with zero attached hydrogens (tertiary/aromatic N) is 2. The molecular formula is C16H19N3O3S. The molecule has 0 radical (unpaired) electrons. The van der Waals surface area contributed by atoms with E-state index in [1.54, 1.807) is 42.7 Å². The molecule has 0 aliphatic heterocycles. The molecule has 1 amide bonds. The number of hydrogen-bond donors (Lipinski definition) is 1. The van der Waals surface area contributed by atoms with Gasteiger partial charge in [-0.15, -0.1) is 0 Å². The second-order valence-corrected chi connectivity index (χ2v) is 7.15. The Balaban J connectivity index is 2.08. The molecule has 122 valence electrons. The van der Waals surface area contributed by atoms with E-state index in [2.05, 4.69) is 10.3 Å². The van der Waals surface area contributed by atoms with Crippen molar-refractivity contribution in [1.29, 1.82) is 0 Å². The van der Waals surface area contributed by atoms with Crippen molar-refractivity contribution in [1.82, 2.24) is 10.3 Å². The van der Waals surface area contributed by atoms with Crippen LogP contribution < -0.4 is 9.62 Å². The Morgan fingerprint density at radius 2 is 1.91 bits per heavy atom. The molecule has 0 saturated heterocycles. The van der Waals surface area contributed by atoms with Crippen molar-refractivity contribution < 1.29 is 13.2 Å². The molecule has 0 bridgehead atoms. The quantitative estimate of drug-likeness (QED) is 0.868. The zero-order chi connectivity index (χ0) is 16.9. The van der Waals surface area contributed by atoms with Crippen LogP contribution in [0.1, 0.15) is 11.1 Å². The van der Waals surface area contributed by atoms with Gasteiger partial charge in [-0.25, -0.2) is 8.42 Å². The molecule has 1 aromatic heterocycles. The number of anilines is 1. The summed E-state index contributed by atoms with van der Waals surface area (Å²) in [5, 5.41) is 2.71. The molecule has 1 heterocycles. The SMILES string of the molecule is Cc1cccc(N(CC(=O)NCc2ccncc2)S(C)(=O)=O)c1. The molecule has 1 aromatic carbocycles. The van der Waals surface area contributed by atoms with E-state index in [1.807, 2.05) is 13.0 Å². The summed E-state index contributed by atoms with van der Waals surface area (Å²) in [5.41, 5.74) is 2.30. The van der Waals surface area contributed by atoms with Crippen molar-refractivity contribution >= 4 is 21.6 Å². The molecule has 0 saturated carbocycles. The van der Waals surface area contributed by atoms with Crippen molar-refractivity contribution in [3.63, 3.8) is 0 Å². The Labute approximate surface area is 136 Å². The maximum absolute atomic E-state index is 12.1. The van der Waals surface area contributed by atoms with Crippen LogP contribution in [-0.2, 0) is 21.4 Å². The summed E-state index contributed by atoms with van der Waals surface area (Å²) in [6, 6.07) is 10.6. The molecular weight excluding hydrogens is 314 g/mol. The predicted molar refractivity (Wildman–Crippen MR) is 89.5 cm³/mol. The molecule has 7 heteroatoms. The summed E-state index contributed by atoms with van der Waals surface area (Å²) in [6.45, 7) is 1.94. The summed E-state index contributed by atoms with van der Waals surface area (Å²) in [7, 11) is -3.55. The van der Waals surface area contributed by atoms with Crippen molar-refractivity contribution in [2.24, 2.45) is 0 Å². The highest BCUT2D eigenvalue weighted by Crippen LogP contribution is 2.18. The van der Waals surface area contributed by atoms with Gasteiger partial charge in [0.15, 0.2) is 0 Å². The summed E-state index contributed by atoms with van der Waals surface area (Å²) in [6.07, 6.45) is 4.36. The van der Waals surface area contributed by atoms with Gasteiger partial charge in [0.2, 0.25) is 15.9 Å². The Hall–Kier alpha value is -2.41. The van der Waals surface area contributed by atoms with E-state index < -0.39 is 10.0 Å². The van der Waals surface area contributed by atoms with E-state index >= 15 is 0 Å². The normalized spacial score (nSPS) is 11.0. The van der Waals surface area contributed by atoms with Gasteiger partial charge in [-0.05, 0) is 42.3 Å². The fourth-order valence-electron chi connectivity index (χ4n) is 2.07. The van der Waals surface area contributed by atoms with Crippen LogP contribution >= 0.6 is 0 Å². The molecule has 0 unspecified atom stereocenters. The van der Waals surface area contributed by atoms with Gasteiger partial charge in [-0.2, -0.15) is 0 Å². The minimum atomic E-state index is -3.55. The monoisotopic (exact) mass is 333 g/mol. The lowest BCUT2D eigenvalue weighted by atomic mass is 10.2. The topological polar surface area (TPSA) is 79.4 Å². The van der Waals surface area contributed by atoms with Gasteiger partial charge in [-0.3, -0.25) is 14.1 Å². The number of amides is 1. The van der Waals surface area contributed by atoms with Gasteiger partial charge in [0.05, 0.1) is 11.9 Å². The van der Waals surface area contributed by atoms with Crippen LogP contribution in [0.25, 0.3) is 0 Å². The second-order valence-electron chi connectivity index (χ2n) is 5.24. The summed E-state index contributed by atoms with van der Waals surface area (Å²) in [4.78, 5) is 16.0. The first-order chi connectivity index (χ1) is 10.9. The predicted octanol–water partition coefficient (Wildman–Crippen LogP) is 1.47. The number of aryl methyl sites for hydroxylation is 1. The van der Waals surface area contributed by atoms with E-state index in [0.717, 1.165) is 21.7 Å². The van der Waals surface area contributed by atoms with Crippen LogP contribution in [0.15, 0.2) is 48.8 Å². The fourth-order valence-corrected chi connectivity index (χ4v) is 2.92. The average molecular weight is 333 g/mol. The Kier molecular flexibility index (Phi) is 5.33. The molecule has 0 atom stereocenters. The average Bonchev–Trinajstić information content (AvgIpc) is 2.50. The van der Waals surface area contributed by atoms with Gasteiger partial charge in [0.25, 0.3) is 0 Å². The number of benzene rings is 1. The lowest BCUT2D eigenvalue weighted by Crippen LogP contribution is -2.40. The molecule has 0 fully saturated rings. The number of sulfonamides is 1. The van der Waals surface area contributed by atoms with Crippen molar-refractivity contribution in [2.75, 3.05) is 17.1 Å². The first kappa shape index (κ1) is 17.0. The van der Waals surface area contributed by atoms with Crippen LogP contribution in [0.4, 0.5) is 5.69 Å². The lowest BCUT2D eigenvalue weighted by molar-refractivity contribution is -0.119. The number of rotatable bonds is 6. The summed E-state index contributed by atoms with van der Waals surface area (Å²) >= 11 is 0. The van der Waals surface area contributed by atoms with Crippen LogP contribution in [0, 0.1) is 6.92 Å². The Morgan fingerprint density at radius 3 is 2.52 bits per heavy atom. The molecule has 6 nitrogen and oxygen atoms in total. The number of pyridine rings is 1. The highest BCUT2D eigenvalue weighted by molar-refractivity contribution is 7.92. The lowest BCUT2D eigenvalue weighted by Gasteiger charge is -2.22. The molecule has 0 aliphatic carbocycles. The first-order valence-corrected chi connectivity index (χ1v) is 8.91. The van der Waals surface area contributed by atoms with Gasteiger partial charge in [-0.1, -0.05) is 12.1 Å². The summed E-state index contributed by atoms with van der Waals surface area (Å²) in [5.74, 6) is -0.367. The van der Waals surface area contributed by atoms with Crippen LogP contribution in [0.5, 0.6) is 0 Å². The minimum Gasteiger partial charge on any atom is -0.350 e. The third-order valence-corrected chi connectivity index (χ3v) is 4.36. The van der Waals surface area contributed by atoms with Gasteiger partial charge >= 0.3 is 0 Å². The second kappa shape index (κ2) is 7.23. The van der Waals surface area contributed by atoms with Crippen LogP contribution in [-0.4, -0.2) is 32.1 Å². The maximum atomic E-state index is 12.1. The number of hydrogen-bond acceptors (Lipinski definition) is 4. The van der Waals surface area contributed by atoms with E-state index in [4.69, 9.17) is 0 Å². The van der Waals surface area contributed by atoms with E-state index in [9.17, 15) is 13.2 Å². The van der Waals surface area contributed by atoms with E-state index in [0.29, 0.717) is 12.2 Å². The smallest absolute Gasteiger partial charge is 0.241 e. The zero-order valence-corrected chi connectivity index (χ0v) is 13.9. The van der Waals surface area contributed by atoms with Crippen molar-refractivity contribution in [2.45, 2.75) is 13.5 Å². The highest BCUT2D eigenvalue weighted by atomic mass is 32.2. The molecule has 0 spiro atoms. The largest absolute Gasteiger partial charge is 0.350 e. The number of nitrogens with one attached hydrogen (secondary N) is 1. The fraction of sp³-hybridized carbons (Fsp3) is 0.250. The summed E-state index contributed by atoms with van der Waals surface area (Å²) < 4.78 is 25.1. The van der Waals surface area contributed by atoms with E-state index in [-0.39, 0.29) is 12.5 Å². The Morgan fingerprint density at radius 1 is 1.22 bits per heavy atom. The third-order valence-electron chi connectivity index (χ3n) is 3.22. The molecule has 2 aromatic rings. The molecule has 23 heavy (non-hydrogen) atoms. The number of carbonyl (C=O) groups excluding carboxylic acids is 1. The van der Waals surface area contributed by atoms with Crippen molar-refractivity contribution in [3.8, 4) is 0 Å². The van der Waals surface area contributed by atoms with Gasteiger partial charge in [0, 0.05) is 18.9 Å². The third kappa shape index (κ3) is 5.07. The number of carbonyl (C=O) groups is 1. The van der Waals surface area contributed by atoms with Crippen LogP contribution in [0.2, 0.25) is 0 Å². The minimum absolute atomic E-state index is 0.257. The maximum Gasteiger partial charge on any atom is 0.241 e. The van der Waals surface area contributed by atoms with E-state index in [1.165, 1.54) is 0 Å². The first-order valence-electron chi connectivity index (χ1n) is 7.06.